The zero-order chi connectivity index (χ0) is 25.8. The highest BCUT2D eigenvalue weighted by Crippen LogP contribution is 2.39. The number of ether oxygens (including phenoxy) is 2. The van der Waals surface area contributed by atoms with Gasteiger partial charge in [0.15, 0.2) is 5.82 Å². The van der Waals surface area contributed by atoms with E-state index in [9.17, 15) is 18.4 Å². The molecule has 4 rings (SSSR count). The first-order valence-corrected chi connectivity index (χ1v) is 11.6. The van der Waals surface area contributed by atoms with E-state index >= 15 is 0 Å². The van der Waals surface area contributed by atoms with Crippen LogP contribution in [0.15, 0.2) is 47.4 Å². The highest BCUT2D eigenvalue weighted by atomic mass is 35.5. The predicted octanol–water partition coefficient (Wildman–Crippen LogP) is 5.45. The molecule has 2 N–H and O–H groups in total. The number of alkyl halides is 2. The molecule has 0 unspecified atom stereocenters. The van der Waals surface area contributed by atoms with Gasteiger partial charge in [-0.15, -0.1) is 0 Å². The third-order valence-corrected chi connectivity index (χ3v) is 5.82. The third kappa shape index (κ3) is 6.28. The van der Waals surface area contributed by atoms with E-state index in [1.807, 2.05) is 6.07 Å². The van der Waals surface area contributed by atoms with Crippen LogP contribution in [0.5, 0.6) is 5.88 Å². The van der Waals surface area contributed by atoms with Crippen LogP contribution in [0.2, 0.25) is 5.15 Å². The Morgan fingerprint density at radius 1 is 1.22 bits per heavy atom. The number of anilines is 3. The first-order valence-electron chi connectivity index (χ1n) is 11.2. The Labute approximate surface area is 210 Å². The molecule has 1 fully saturated rings. The number of carbonyl (C=O) groups excluding carboxylic acids is 1. The second-order valence-electron chi connectivity index (χ2n) is 8.37. The van der Waals surface area contributed by atoms with Crippen molar-refractivity contribution >= 4 is 34.9 Å². The van der Waals surface area contributed by atoms with Gasteiger partial charge in [0.05, 0.1) is 17.4 Å². The van der Waals surface area contributed by atoms with Crippen molar-refractivity contribution in [3.8, 4) is 5.88 Å². The van der Waals surface area contributed by atoms with Crippen molar-refractivity contribution in [2.75, 3.05) is 17.2 Å². The van der Waals surface area contributed by atoms with E-state index in [0.717, 1.165) is 12.8 Å². The van der Waals surface area contributed by atoms with E-state index in [4.69, 9.17) is 16.3 Å². The van der Waals surface area contributed by atoms with Gasteiger partial charge in [-0.1, -0.05) is 29.8 Å². The van der Waals surface area contributed by atoms with E-state index in [-0.39, 0.29) is 29.4 Å². The normalized spacial score (nSPS) is 13.8. The van der Waals surface area contributed by atoms with Crippen molar-refractivity contribution in [2.24, 2.45) is 5.92 Å². The fourth-order valence-electron chi connectivity index (χ4n) is 3.71. The number of amides is 1. The molecule has 1 saturated carbocycles. The van der Waals surface area contributed by atoms with Crippen LogP contribution in [-0.2, 0) is 4.74 Å². The summed E-state index contributed by atoms with van der Waals surface area (Å²) in [7, 11) is 0. The minimum Gasteiger partial charge on any atom is -0.447 e. The molecule has 1 aliphatic rings. The number of nitrogens with one attached hydrogen (secondary N) is 2. The van der Waals surface area contributed by atoms with Gasteiger partial charge >= 0.3 is 12.7 Å². The average Bonchev–Trinajstić information content (AvgIpc) is 3.65. The molecule has 9 nitrogen and oxygen atoms in total. The summed E-state index contributed by atoms with van der Waals surface area (Å²) in [5.74, 6) is -0.145. The highest BCUT2D eigenvalue weighted by Gasteiger charge is 2.35. The standard InChI is InChI=1S/C24H24ClF2N5O4/c1-13-10-17(14(2)28-21(13)36-23(26)27)30-20-22(33)32(11-19(25)31-20)18(15-8-9-15)12-35-24(34)29-16-6-4-3-5-7-16/h3-7,10-11,15,18,23H,8-9,12H2,1-2H3,(H,29,34)(H,30,31)/t18-/m1/s1. The minimum atomic E-state index is -3.01. The van der Waals surface area contributed by atoms with Crippen LogP contribution in [0.1, 0.15) is 30.1 Å². The van der Waals surface area contributed by atoms with E-state index in [1.165, 1.54) is 16.8 Å². The zero-order valence-electron chi connectivity index (χ0n) is 19.5. The lowest BCUT2D eigenvalue weighted by Crippen LogP contribution is -2.32. The molecule has 190 valence electrons. The first kappa shape index (κ1) is 25.4. The van der Waals surface area contributed by atoms with Crippen molar-refractivity contribution in [1.82, 2.24) is 14.5 Å². The van der Waals surface area contributed by atoms with Gasteiger partial charge in [-0.3, -0.25) is 10.1 Å². The van der Waals surface area contributed by atoms with Crippen LogP contribution in [-0.4, -0.2) is 33.8 Å². The summed E-state index contributed by atoms with van der Waals surface area (Å²) < 4.78 is 36.5. The van der Waals surface area contributed by atoms with Gasteiger partial charge in [-0.05, 0) is 50.8 Å². The molecule has 1 atom stereocenters. The Kier molecular flexibility index (Phi) is 7.68. The quantitative estimate of drug-likeness (QED) is 0.387. The summed E-state index contributed by atoms with van der Waals surface area (Å²) in [6, 6.07) is 9.95. The average molecular weight is 520 g/mol. The number of nitrogens with zero attached hydrogens (tertiary/aromatic N) is 3. The molecule has 1 amide bonds. The zero-order valence-corrected chi connectivity index (χ0v) is 20.3. The number of pyridine rings is 1. The van der Waals surface area contributed by atoms with Crippen molar-refractivity contribution in [2.45, 2.75) is 39.3 Å². The van der Waals surface area contributed by atoms with Gasteiger partial charge in [0.25, 0.3) is 5.56 Å². The molecule has 12 heteroatoms. The lowest BCUT2D eigenvalue weighted by molar-refractivity contribution is -0.0533. The van der Waals surface area contributed by atoms with E-state index < -0.39 is 24.3 Å². The minimum absolute atomic E-state index is 0.0393. The molecular formula is C24H24ClF2N5O4. The maximum absolute atomic E-state index is 13.3. The second kappa shape index (κ2) is 10.9. The molecule has 2 heterocycles. The summed E-state index contributed by atoms with van der Waals surface area (Å²) in [5.41, 5.74) is 1.16. The summed E-state index contributed by atoms with van der Waals surface area (Å²) in [6.45, 7) is 0.0881. The Hall–Kier alpha value is -3.73. The maximum atomic E-state index is 13.3. The molecule has 0 bridgehead atoms. The number of benzene rings is 1. The van der Waals surface area contributed by atoms with Crippen LogP contribution >= 0.6 is 11.6 Å². The maximum Gasteiger partial charge on any atom is 0.411 e. The second-order valence-corrected chi connectivity index (χ2v) is 8.75. The monoisotopic (exact) mass is 519 g/mol. The van der Waals surface area contributed by atoms with E-state index in [0.29, 0.717) is 22.6 Å². The number of rotatable bonds is 9. The van der Waals surface area contributed by atoms with Gasteiger partial charge in [0, 0.05) is 17.4 Å². The number of hydrogen-bond acceptors (Lipinski definition) is 7. The number of aryl methyl sites for hydroxylation is 2. The van der Waals surface area contributed by atoms with Crippen LogP contribution in [0.3, 0.4) is 0 Å². The Bertz CT molecular complexity index is 1300. The van der Waals surface area contributed by atoms with E-state index in [1.54, 1.807) is 38.1 Å². The van der Waals surface area contributed by atoms with Gasteiger partial charge < -0.3 is 19.4 Å². The van der Waals surface area contributed by atoms with Crippen molar-refractivity contribution < 1.29 is 23.0 Å². The summed E-state index contributed by atoms with van der Waals surface area (Å²) in [4.78, 5) is 33.7. The highest BCUT2D eigenvalue weighted by molar-refractivity contribution is 6.29. The third-order valence-electron chi connectivity index (χ3n) is 5.64. The summed E-state index contributed by atoms with van der Waals surface area (Å²) >= 11 is 6.23. The van der Waals surface area contributed by atoms with Crippen LogP contribution in [0.4, 0.5) is 30.8 Å². The predicted molar refractivity (Wildman–Crippen MR) is 130 cm³/mol. The number of para-hydroxylation sites is 1. The number of hydrogen-bond donors (Lipinski definition) is 2. The lowest BCUT2D eigenvalue weighted by Gasteiger charge is -2.21. The first-order chi connectivity index (χ1) is 17.2. The molecule has 0 aliphatic heterocycles. The molecular weight excluding hydrogens is 496 g/mol. The van der Waals surface area contributed by atoms with Crippen LogP contribution in [0, 0.1) is 19.8 Å². The van der Waals surface area contributed by atoms with Crippen molar-refractivity contribution in [1.29, 1.82) is 0 Å². The molecule has 0 spiro atoms. The number of aromatic nitrogens is 3. The Morgan fingerprint density at radius 2 is 1.94 bits per heavy atom. The molecule has 2 aromatic heterocycles. The largest absolute Gasteiger partial charge is 0.447 e. The SMILES string of the molecule is Cc1cc(Nc2nc(Cl)cn([C@H](COC(=O)Nc3ccccc3)C3CC3)c2=O)c(C)nc1OC(F)F. The number of carbonyl (C=O) groups is 1. The molecule has 3 aromatic rings. The Morgan fingerprint density at radius 3 is 2.61 bits per heavy atom. The molecule has 0 saturated heterocycles. The lowest BCUT2D eigenvalue weighted by atomic mass is 10.2. The smallest absolute Gasteiger partial charge is 0.411 e. The summed E-state index contributed by atoms with van der Waals surface area (Å²) in [5, 5.41) is 5.60. The topological polar surface area (TPSA) is 107 Å². The van der Waals surface area contributed by atoms with Gasteiger partial charge in [-0.25, -0.2) is 14.8 Å². The molecule has 1 aromatic carbocycles. The number of halogens is 3. The van der Waals surface area contributed by atoms with Gasteiger partial charge in [0.1, 0.15) is 11.8 Å². The van der Waals surface area contributed by atoms with Crippen molar-refractivity contribution in [3.63, 3.8) is 0 Å². The van der Waals surface area contributed by atoms with Crippen LogP contribution < -0.4 is 20.9 Å². The molecule has 0 radical (unpaired) electrons. The fraction of sp³-hybridized carbons (Fsp3) is 0.333. The summed E-state index contributed by atoms with van der Waals surface area (Å²) in [6.07, 6.45) is 2.52. The van der Waals surface area contributed by atoms with Gasteiger partial charge in [0.2, 0.25) is 5.88 Å². The van der Waals surface area contributed by atoms with Gasteiger partial charge in [-0.2, -0.15) is 8.78 Å². The van der Waals surface area contributed by atoms with Crippen molar-refractivity contribution in [3.05, 3.63) is 69.4 Å². The Balaban J connectivity index is 1.54. The van der Waals surface area contributed by atoms with Crippen LogP contribution in [0.25, 0.3) is 0 Å². The fourth-order valence-corrected chi connectivity index (χ4v) is 3.90. The van der Waals surface area contributed by atoms with E-state index in [2.05, 4.69) is 25.3 Å². The molecule has 36 heavy (non-hydrogen) atoms. The molecule has 1 aliphatic carbocycles.